The zero-order chi connectivity index (χ0) is 14.0. The van der Waals surface area contributed by atoms with Crippen LogP contribution in [0.3, 0.4) is 0 Å². The average Bonchev–Trinajstić information content (AvgIpc) is 3.02. The first-order chi connectivity index (χ1) is 9.65. The van der Waals surface area contributed by atoms with Crippen molar-refractivity contribution >= 4 is 0 Å². The normalized spacial score (nSPS) is 17.5. The summed E-state index contributed by atoms with van der Waals surface area (Å²) < 4.78 is 18.8. The van der Waals surface area contributed by atoms with Gasteiger partial charge in [-0.1, -0.05) is 36.2 Å². The molecule has 5 heteroatoms. The molecule has 0 bridgehead atoms. The fraction of sp³-hybridized carbons (Fsp3) is 0.467. The van der Waals surface area contributed by atoms with Crippen molar-refractivity contribution in [2.75, 3.05) is 0 Å². The van der Waals surface area contributed by atoms with Gasteiger partial charge in [-0.15, -0.1) is 0 Å². The Morgan fingerprint density at radius 2 is 2.00 bits per heavy atom. The molecule has 0 spiro atoms. The number of nitrogens with two attached hydrogens (primary N) is 1. The van der Waals surface area contributed by atoms with Crippen LogP contribution in [0, 0.1) is 5.82 Å². The van der Waals surface area contributed by atoms with E-state index in [1.165, 1.54) is 6.07 Å². The van der Waals surface area contributed by atoms with Crippen LogP contribution >= 0.6 is 0 Å². The number of halogens is 1. The highest BCUT2D eigenvalue weighted by molar-refractivity contribution is 5.20. The molecule has 0 aliphatic heterocycles. The highest BCUT2D eigenvalue weighted by Crippen LogP contribution is 2.30. The van der Waals surface area contributed by atoms with Gasteiger partial charge >= 0.3 is 0 Å². The molecule has 3 rings (SSSR count). The molecule has 2 N–H and O–H groups in total. The Balaban J connectivity index is 1.69. The highest BCUT2D eigenvalue weighted by atomic mass is 19.1. The van der Waals surface area contributed by atoms with Crippen molar-refractivity contribution < 1.29 is 8.91 Å². The summed E-state index contributed by atoms with van der Waals surface area (Å²) in [6, 6.07) is 6.63. The molecule has 1 fully saturated rings. The van der Waals surface area contributed by atoms with Crippen LogP contribution in [0.2, 0.25) is 0 Å². The molecule has 20 heavy (non-hydrogen) atoms. The van der Waals surface area contributed by atoms with Crippen LogP contribution in [0.1, 0.15) is 43.0 Å². The first kappa shape index (κ1) is 13.2. The van der Waals surface area contributed by atoms with Crippen molar-refractivity contribution in [2.45, 2.75) is 44.1 Å². The van der Waals surface area contributed by atoms with Crippen LogP contribution < -0.4 is 5.73 Å². The van der Waals surface area contributed by atoms with E-state index in [-0.39, 0.29) is 11.4 Å². The van der Waals surface area contributed by atoms with Crippen LogP contribution in [0.4, 0.5) is 4.39 Å². The Bertz CT molecular complexity index is 590. The first-order valence-corrected chi connectivity index (χ1v) is 6.98. The molecule has 1 aliphatic carbocycles. The molecule has 1 aromatic carbocycles. The van der Waals surface area contributed by atoms with E-state index < -0.39 is 0 Å². The van der Waals surface area contributed by atoms with Gasteiger partial charge in [0.25, 0.3) is 0 Å². The lowest BCUT2D eigenvalue weighted by Gasteiger charge is -2.20. The molecule has 0 amide bonds. The predicted octanol–water partition coefficient (Wildman–Crippen LogP) is 2.61. The van der Waals surface area contributed by atoms with Gasteiger partial charge in [-0.25, -0.2) is 4.39 Å². The Kier molecular flexibility index (Phi) is 3.53. The first-order valence-electron chi connectivity index (χ1n) is 6.98. The van der Waals surface area contributed by atoms with Crippen LogP contribution in [0.15, 0.2) is 28.8 Å². The van der Waals surface area contributed by atoms with Gasteiger partial charge in [-0.05, 0) is 24.5 Å². The number of aromatic nitrogens is 2. The number of hydrogen-bond donors (Lipinski definition) is 1. The molecule has 0 saturated heterocycles. The van der Waals surface area contributed by atoms with Crippen molar-refractivity contribution in [3.8, 4) is 0 Å². The molecule has 1 aliphatic rings. The Labute approximate surface area is 117 Å². The van der Waals surface area contributed by atoms with E-state index in [4.69, 9.17) is 10.3 Å². The second-order valence-corrected chi connectivity index (χ2v) is 5.62. The molecular weight excluding hydrogens is 257 g/mol. The molecule has 2 aromatic rings. The second kappa shape index (κ2) is 5.32. The molecular formula is C15H18FN3O. The standard InChI is InChI=1S/C15H18FN3O/c16-12-6-2-1-5-11(12)9-13-18-14(20-19-13)10-15(17)7-3-4-8-15/h1-2,5-6H,3-4,7-10,17H2. The Hall–Kier alpha value is -1.75. The van der Waals surface area contributed by atoms with E-state index in [1.807, 2.05) is 0 Å². The van der Waals surface area contributed by atoms with Gasteiger partial charge in [0.15, 0.2) is 5.82 Å². The van der Waals surface area contributed by atoms with E-state index in [1.54, 1.807) is 18.2 Å². The molecule has 1 heterocycles. The fourth-order valence-electron chi connectivity index (χ4n) is 2.80. The summed E-state index contributed by atoms with van der Waals surface area (Å²) >= 11 is 0. The number of hydrogen-bond acceptors (Lipinski definition) is 4. The van der Waals surface area contributed by atoms with Gasteiger partial charge < -0.3 is 10.3 Å². The Morgan fingerprint density at radius 3 is 2.75 bits per heavy atom. The number of nitrogens with zero attached hydrogens (tertiary/aromatic N) is 2. The molecule has 0 radical (unpaired) electrons. The van der Waals surface area contributed by atoms with E-state index in [2.05, 4.69) is 10.1 Å². The van der Waals surface area contributed by atoms with Crippen LogP contribution in [-0.2, 0) is 12.8 Å². The summed E-state index contributed by atoms with van der Waals surface area (Å²) in [6.07, 6.45) is 5.26. The molecule has 1 aromatic heterocycles. The fourth-order valence-corrected chi connectivity index (χ4v) is 2.80. The third kappa shape index (κ3) is 2.88. The molecule has 106 valence electrons. The molecule has 1 saturated carbocycles. The summed E-state index contributed by atoms with van der Waals surface area (Å²) in [5.41, 5.74) is 6.66. The zero-order valence-electron chi connectivity index (χ0n) is 11.3. The van der Waals surface area contributed by atoms with E-state index >= 15 is 0 Å². The van der Waals surface area contributed by atoms with Crippen molar-refractivity contribution in [1.82, 2.24) is 10.1 Å². The van der Waals surface area contributed by atoms with E-state index in [0.717, 1.165) is 25.7 Å². The minimum Gasteiger partial charge on any atom is -0.339 e. The summed E-state index contributed by atoms with van der Waals surface area (Å²) in [4.78, 5) is 4.33. The van der Waals surface area contributed by atoms with E-state index in [0.29, 0.717) is 30.1 Å². The maximum absolute atomic E-state index is 13.6. The van der Waals surface area contributed by atoms with Gasteiger partial charge in [0.2, 0.25) is 5.89 Å². The van der Waals surface area contributed by atoms with Crippen molar-refractivity contribution in [2.24, 2.45) is 5.73 Å². The number of benzene rings is 1. The summed E-state index contributed by atoms with van der Waals surface area (Å²) in [5.74, 6) is 0.817. The number of rotatable bonds is 4. The molecule has 4 nitrogen and oxygen atoms in total. The summed E-state index contributed by atoms with van der Waals surface area (Å²) in [6.45, 7) is 0. The topological polar surface area (TPSA) is 64.9 Å². The third-order valence-electron chi connectivity index (χ3n) is 3.92. The molecule has 0 atom stereocenters. The highest BCUT2D eigenvalue weighted by Gasteiger charge is 2.31. The smallest absolute Gasteiger partial charge is 0.228 e. The predicted molar refractivity (Wildman–Crippen MR) is 72.6 cm³/mol. The van der Waals surface area contributed by atoms with Gasteiger partial charge in [0.1, 0.15) is 5.82 Å². The van der Waals surface area contributed by atoms with Crippen molar-refractivity contribution in [1.29, 1.82) is 0 Å². The lowest BCUT2D eigenvalue weighted by atomic mass is 9.95. The van der Waals surface area contributed by atoms with Crippen LogP contribution in [-0.4, -0.2) is 15.7 Å². The lowest BCUT2D eigenvalue weighted by Crippen LogP contribution is -2.38. The quantitative estimate of drug-likeness (QED) is 0.931. The van der Waals surface area contributed by atoms with Gasteiger partial charge in [0, 0.05) is 18.4 Å². The minimum atomic E-state index is -0.245. The maximum Gasteiger partial charge on any atom is 0.228 e. The zero-order valence-corrected chi connectivity index (χ0v) is 11.3. The van der Waals surface area contributed by atoms with Crippen molar-refractivity contribution in [3.05, 3.63) is 47.4 Å². The van der Waals surface area contributed by atoms with Crippen molar-refractivity contribution in [3.63, 3.8) is 0 Å². The summed E-state index contributed by atoms with van der Waals surface area (Å²) in [7, 11) is 0. The van der Waals surface area contributed by atoms with Gasteiger partial charge in [0.05, 0.1) is 0 Å². The molecule has 0 unspecified atom stereocenters. The van der Waals surface area contributed by atoms with Gasteiger partial charge in [-0.3, -0.25) is 0 Å². The SMILES string of the molecule is NC1(Cc2nc(Cc3ccccc3F)no2)CCCC1. The second-order valence-electron chi connectivity index (χ2n) is 5.62. The third-order valence-corrected chi connectivity index (χ3v) is 3.92. The average molecular weight is 275 g/mol. The van der Waals surface area contributed by atoms with Gasteiger partial charge in [-0.2, -0.15) is 4.98 Å². The lowest BCUT2D eigenvalue weighted by molar-refractivity contribution is 0.327. The summed E-state index contributed by atoms with van der Waals surface area (Å²) in [5, 5.41) is 3.92. The van der Waals surface area contributed by atoms with Crippen LogP contribution in [0.5, 0.6) is 0 Å². The largest absolute Gasteiger partial charge is 0.339 e. The maximum atomic E-state index is 13.6. The minimum absolute atomic E-state index is 0.207. The monoisotopic (exact) mass is 275 g/mol. The van der Waals surface area contributed by atoms with E-state index in [9.17, 15) is 4.39 Å². The van der Waals surface area contributed by atoms with Crippen LogP contribution in [0.25, 0.3) is 0 Å². The Morgan fingerprint density at radius 1 is 1.25 bits per heavy atom.